The topological polar surface area (TPSA) is 62.7 Å². The van der Waals surface area contributed by atoms with E-state index in [-0.39, 0.29) is 12.0 Å². The Morgan fingerprint density at radius 2 is 1.70 bits per heavy atom. The molecule has 6 nitrogen and oxygen atoms in total. The molecular formula is C20H25N3O3S. The SMILES string of the molecule is CC(C)(C)OC(=O)N1CCN(C(=O)c2csc(Cc3ccccc3)n2)CC1. The molecule has 2 amide bonds. The molecule has 3 rings (SSSR count). The van der Waals surface area contributed by atoms with E-state index in [1.807, 2.05) is 44.4 Å². The highest BCUT2D eigenvalue weighted by molar-refractivity contribution is 7.09. The molecule has 0 atom stereocenters. The average molecular weight is 388 g/mol. The number of carbonyl (C=O) groups excluding carboxylic acids is 2. The molecule has 1 fully saturated rings. The third kappa shape index (κ3) is 5.29. The van der Waals surface area contributed by atoms with Crippen LogP contribution >= 0.6 is 11.3 Å². The first-order valence-corrected chi connectivity index (χ1v) is 9.95. The Balaban J connectivity index is 1.54. The highest BCUT2D eigenvalue weighted by Crippen LogP contribution is 2.17. The van der Waals surface area contributed by atoms with Gasteiger partial charge in [0.25, 0.3) is 5.91 Å². The van der Waals surface area contributed by atoms with Gasteiger partial charge in [0.15, 0.2) is 0 Å². The highest BCUT2D eigenvalue weighted by Gasteiger charge is 2.28. The van der Waals surface area contributed by atoms with Crippen molar-refractivity contribution in [2.75, 3.05) is 26.2 Å². The summed E-state index contributed by atoms with van der Waals surface area (Å²) in [6.07, 6.45) is 0.402. The lowest BCUT2D eigenvalue weighted by molar-refractivity contribution is 0.0140. The van der Waals surface area contributed by atoms with Crippen molar-refractivity contribution in [3.8, 4) is 0 Å². The molecule has 1 aliphatic heterocycles. The standard InChI is InChI=1S/C20H25N3O3S/c1-20(2,3)26-19(25)23-11-9-22(10-12-23)18(24)16-14-27-17(21-16)13-15-7-5-4-6-8-15/h4-8,14H,9-13H2,1-3H3. The lowest BCUT2D eigenvalue weighted by Crippen LogP contribution is -2.51. The number of carbonyl (C=O) groups is 2. The Hall–Kier alpha value is -2.41. The summed E-state index contributed by atoms with van der Waals surface area (Å²) in [4.78, 5) is 32.7. The molecule has 27 heavy (non-hydrogen) atoms. The van der Waals surface area contributed by atoms with Gasteiger partial charge in [-0.2, -0.15) is 0 Å². The molecule has 0 saturated carbocycles. The van der Waals surface area contributed by atoms with Gasteiger partial charge in [-0.3, -0.25) is 4.79 Å². The van der Waals surface area contributed by atoms with E-state index in [9.17, 15) is 9.59 Å². The quantitative estimate of drug-likeness (QED) is 0.809. The van der Waals surface area contributed by atoms with Gasteiger partial charge in [0.2, 0.25) is 0 Å². The minimum atomic E-state index is -0.514. The molecule has 0 N–H and O–H groups in total. The Labute approximate surface area is 163 Å². The smallest absolute Gasteiger partial charge is 0.410 e. The molecule has 0 unspecified atom stereocenters. The minimum Gasteiger partial charge on any atom is -0.444 e. The molecule has 1 saturated heterocycles. The number of thiazole rings is 1. The molecule has 1 aromatic heterocycles. The number of ether oxygens (including phenoxy) is 1. The number of hydrogen-bond acceptors (Lipinski definition) is 5. The van der Waals surface area contributed by atoms with Crippen LogP contribution in [-0.2, 0) is 11.2 Å². The van der Waals surface area contributed by atoms with Crippen LogP contribution in [0.25, 0.3) is 0 Å². The van der Waals surface area contributed by atoms with E-state index in [2.05, 4.69) is 17.1 Å². The number of amides is 2. The van der Waals surface area contributed by atoms with Gasteiger partial charge < -0.3 is 14.5 Å². The van der Waals surface area contributed by atoms with Gasteiger partial charge in [0.05, 0.1) is 5.01 Å². The fourth-order valence-electron chi connectivity index (χ4n) is 2.84. The van der Waals surface area contributed by atoms with Crippen molar-refractivity contribution in [2.45, 2.75) is 32.8 Å². The number of benzene rings is 1. The van der Waals surface area contributed by atoms with E-state index >= 15 is 0 Å². The predicted molar refractivity (Wildman–Crippen MR) is 105 cm³/mol. The van der Waals surface area contributed by atoms with Gasteiger partial charge in [-0.15, -0.1) is 11.3 Å². The Morgan fingerprint density at radius 3 is 2.33 bits per heavy atom. The van der Waals surface area contributed by atoms with E-state index in [0.29, 0.717) is 31.9 Å². The van der Waals surface area contributed by atoms with Gasteiger partial charge in [0, 0.05) is 38.0 Å². The second kappa shape index (κ2) is 8.08. The van der Waals surface area contributed by atoms with Crippen molar-refractivity contribution < 1.29 is 14.3 Å². The van der Waals surface area contributed by atoms with Crippen molar-refractivity contribution in [3.05, 3.63) is 52.0 Å². The van der Waals surface area contributed by atoms with Crippen LogP contribution in [0, 0.1) is 0 Å². The summed E-state index contributed by atoms with van der Waals surface area (Å²) in [6.45, 7) is 7.47. The van der Waals surface area contributed by atoms with Gasteiger partial charge in [-0.05, 0) is 26.3 Å². The maximum absolute atomic E-state index is 12.7. The van der Waals surface area contributed by atoms with Gasteiger partial charge >= 0.3 is 6.09 Å². The molecule has 1 aliphatic rings. The first kappa shape index (κ1) is 19.4. The fourth-order valence-corrected chi connectivity index (χ4v) is 3.64. The van der Waals surface area contributed by atoms with Crippen molar-refractivity contribution in [3.63, 3.8) is 0 Å². The summed E-state index contributed by atoms with van der Waals surface area (Å²) >= 11 is 1.51. The lowest BCUT2D eigenvalue weighted by atomic mass is 10.2. The zero-order chi connectivity index (χ0) is 19.4. The van der Waals surface area contributed by atoms with Crippen molar-refractivity contribution in [1.29, 1.82) is 0 Å². The molecule has 0 aliphatic carbocycles. The van der Waals surface area contributed by atoms with E-state index < -0.39 is 5.60 Å². The zero-order valence-corrected chi connectivity index (χ0v) is 16.8. The number of nitrogens with zero attached hydrogens (tertiary/aromatic N) is 3. The summed E-state index contributed by atoms with van der Waals surface area (Å²) in [5, 5.41) is 2.75. The average Bonchev–Trinajstić information content (AvgIpc) is 3.09. The predicted octanol–water partition coefficient (Wildman–Crippen LogP) is 3.43. The molecule has 0 radical (unpaired) electrons. The van der Waals surface area contributed by atoms with Crippen molar-refractivity contribution >= 4 is 23.3 Å². The second-order valence-electron chi connectivity index (χ2n) is 7.55. The lowest BCUT2D eigenvalue weighted by Gasteiger charge is -2.35. The summed E-state index contributed by atoms with van der Waals surface area (Å²) in [6, 6.07) is 10.1. The second-order valence-corrected chi connectivity index (χ2v) is 8.49. The number of aromatic nitrogens is 1. The maximum atomic E-state index is 12.7. The Kier molecular flexibility index (Phi) is 5.79. The van der Waals surface area contributed by atoms with Crippen LogP contribution in [0.15, 0.2) is 35.7 Å². The molecule has 1 aromatic carbocycles. The van der Waals surface area contributed by atoms with Gasteiger partial charge in [-0.1, -0.05) is 30.3 Å². The number of piperazine rings is 1. The van der Waals surface area contributed by atoms with Crippen LogP contribution < -0.4 is 0 Å². The maximum Gasteiger partial charge on any atom is 0.410 e. The summed E-state index contributed by atoms with van der Waals surface area (Å²) < 4.78 is 5.39. The Morgan fingerprint density at radius 1 is 1.07 bits per heavy atom. The van der Waals surface area contributed by atoms with Crippen LogP contribution in [-0.4, -0.2) is 58.6 Å². The van der Waals surface area contributed by atoms with Crippen molar-refractivity contribution in [1.82, 2.24) is 14.8 Å². The zero-order valence-electron chi connectivity index (χ0n) is 16.0. The fraction of sp³-hybridized carbons (Fsp3) is 0.450. The summed E-state index contributed by atoms with van der Waals surface area (Å²) in [5.74, 6) is -0.0746. The molecular weight excluding hydrogens is 362 g/mol. The molecule has 7 heteroatoms. The molecule has 0 spiro atoms. The van der Waals surface area contributed by atoms with Crippen molar-refractivity contribution in [2.24, 2.45) is 0 Å². The molecule has 2 heterocycles. The minimum absolute atomic E-state index is 0.0746. The van der Waals surface area contributed by atoms with Crippen LogP contribution in [0.1, 0.15) is 41.8 Å². The van der Waals surface area contributed by atoms with Crippen LogP contribution in [0.2, 0.25) is 0 Å². The van der Waals surface area contributed by atoms with Gasteiger partial charge in [-0.25, -0.2) is 9.78 Å². The normalized spacial score (nSPS) is 14.9. The van der Waals surface area contributed by atoms with E-state index in [1.54, 1.807) is 9.80 Å². The van der Waals surface area contributed by atoms with Crippen LogP contribution in [0.5, 0.6) is 0 Å². The highest BCUT2D eigenvalue weighted by atomic mass is 32.1. The third-order valence-corrected chi connectivity index (χ3v) is 5.04. The first-order chi connectivity index (χ1) is 12.8. The van der Waals surface area contributed by atoms with E-state index in [4.69, 9.17) is 4.74 Å². The summed E-state index contributed by atoms with van der Waals surface area (Å²) in [7, 11) is 0. The monoisotopic (exact) mass is 387 g/mol. The Bertz CT molecular complexity index is 790. The molecule has 2 aromatic rings. The van der Waals surface area contributed by atoms with E-state index in [0.717, 1.165) is 11.4 Å². The van der Waals surface area contributed by atoms with Gasteiger partial charge in [0.1, 0.15) is 11.3 Å². The number of rotatable bonds is 3. The first-order valence-electron chi connectivity index (χ1n) is 9.07. The third-order valence-electron chi connectivity index (χ3n) is 4.19. The van der Waals surface area contributed by atoms with E-state index in [1.165, 1.54) is 16.9 Å². The summed E-state index contributed by atoms with van der Waals surface area (Å²) in [5.41, 5.74) is 1.15. The van der Waals surface area contributed by atoms with Crippen LogP contribution in [0.4, 0.5) is 4.79 Å². The molecule has 0 bridgehead atoms. The largest absolute Gasteiger partial charge is 0.444 e. The van der Waals surface area contributed by atoms with Crippen LogP contribution in [0.3, 0.4) is 0 Å². The number of hydrogen-bond donors (Lipinski definition) is 0. The molecule has 144 valence electrons.